The van der Waals surface area contributed by atoms with Crippen molar-refractivity contribution >= 4 is 0 Å². The zero-order chi connectivity index (χ0) is 12.3. The Morgan fingerprint density at radius 3 is 2.50 bits per heavy atom. The monoisotopic (exact) mass is 370 g/mol. The minimum Gasteiger partial charge on any atom is -0.520 e. The number of benzene rings is 1. The van der Waals surface area contributed by atoms with Crippen molar-refractivity contribution in [2.45, 2.75) is 19.6 Å². The van der Waals surface area contributed by atoms with E-state index < -0.39 is 0 Å². The summed E-state index contributed by atoms with van der Waals surface area (Å²) in [6.07, 6.45) is 0.664. The summed E-state index contributed by atoms with van der Waals surface area (Å²) in [5.74, 6) is 2.49. The van der Waals surface area contributed by atoms with Gasteiger partial charge >= 0.3 is 68.9 Å². The maximum Gasteiger partial charge on any atom is 1.00 e. The van der Waals surface area contributed by atoms with E-state index in [0.29, 0.717) is 17.4 Å². The number of methoxy groups -OCH3 is 2. The largest absolute Gasteiger partial charge is 1.00 e. The van der Waals surface area contributed by atoms with E-state index in [1.165, 1.54) is 0 Å². The molecule has 2 atom stereocenters. The average Bonchev–Trinajstić information content (AvgIpc) is 2.74. The third-order valence-electron chi connectivity index (χ3n) is 2.65. The van der Waals surface area contributed by atoms with Gasteiger partial charge in [-0.25, -0.2) is 6.61 Å². The summed E-state index contributed by atoms with van der Waals surface area (Å²) in [4.78, 5) is 0. The van der Waals surface area contributed by atoms with Gasteiger partial charge in [0.15, 0.2) is 17.8 Å². The van der Waals surface area contributed by atoms with E-state index in [1.54, 1.807) is 20.3 Å². The SMILES string of the molecule is COc1ccc(OC2C[C@@H](C)[CH-]O2)cc1OC.[Cs+]. The molecule has 0 bridgehead atoms. The van der Waals surface area contributed by atoms with Crippen molar-refractivity contribution in [3.8, 4) is 17.2 Å². The Kier molecular flexibility index (Phi) is 7.45. The molecule has 18 heavy (non-hydrogen) atoms. The normalized spacial score (nSPS) is 22.2. The van der Waals surface area contributed by atoms with Crippen molar-refractivity contribution in [2.75, 3.05) is 14.2 Å². The van der Waals surface area contributed by atoms with Gasteiger partial charge in [0, 0.05) is 6.07 Å². The summed E-state index contributed by atoms with van der Waals surface area (Å²) in [6.45, 7) is 3.91. The van der Waals surface area contributed by atoms with Crippen LogP contribution in [0.25, 0.3) is 0 Å². The van der Waals surface area contributed by atoms with Crippen LogP contribution >= 0.6 is 0 Å². The fourth-order valence-electron chi connectivity index (χ4n) is 1.75. The Morgan fingerprint density at radius 2 is 1.94 bits per heavy atom. The molecule has 94 valence electrons. The van der Waals surface area contributed by atoms with Crippen LogP contribution in [0.2, 0.25) is 0 Å². The maximum atomic E-state index is 5.70. The van der Waals surface area contributed by atoms with E-state index in [1.807, 2.05) is 18.7 Å². The molecule has 0 saturated carbocycles. The number of hydrogen-bond donors (Lipinski definition) is 0. The molecule has 0 aliphatic carbocycles. The molecule has 4 nitrogen and oxygen atoms in total. The molecule has 1 heterocycles. The molecule has 5 heteroatoms. The van der Waals surface area contributed by atoms with E-state index in [-0.39, 0.29) is 75.2 Å². The molecule has 0 radical (unpaired) electrons. The van der Waals surface area contributed by atoms with Crippen molar-refractivity contribution in [3.63, 3.8) is 0 Å². The zero-order valence-electron chi connectivity index (χ0n) is 11.3. The van der Waals surface area contributed by atoms with Gasteiger partial charge in [-0.15, -0.1) is 5.92 Å². The van der Waals surface area contributed by atoms with E-state index >= 15 is 0 Å². The first-order chi connectivity index (χ1) is 8.22. The second kappa shape index (κ2) is 8.04. The fourth-order valence-corrected chi connectivity index (χ4v) is 1.75. The molecule has 1 aliphatic rings. The first-order valence-corrected chi connectivity index (χ1v) is 5.60. The fraction of sp³-hybridized carbons (Fsp3) is 0.462. The molecule has 1 unspecified atom stereocenters. The predicted octanol–water partition coefficient (Wildman–Crippen LogP) is -0.369. The molecule has 1 aromatic rings. The summed E-state index contributed by atoms with van der Waals surface area (Å²) >= 11 is 0. The summed E-state index contributed by atoms with van der Waals surface area (Å²) < 4.78 is 21.4. The van der Waals surface area contributed by atoms with E-state index in [9.17, 15) is 0 Å². The van der Waals surface area contributed by atoms with Crippen LogP contribution in [0.3, 0.4) is 0 Å². The average molecular weight is 370 g/mol. The minimum absolute atomic E-state index is 0. The number of ether oxygens (including phenoxy) is 4. The Hall–Kier alpha value is 0.632. The maximum absolute atomic E-state index is 5.70. The van der Waals surface area contributed by atoms with Gasteiger partial charge in [0.1, 0.15) is 5.75 Å². The third-order valence-corrected chi connectivity index (χ3v) is 2.65. The van der Waals surface area contributed by atoms with Crippen molar-refractivity contribution < 1.29 is 87.8 Å². The van der Waals surface area contributed by atoms with Gasteiger partial charge in [0.2, 0.25) is 0 Å². The molecule has 0 spiro atoms. The van der Waals surface area contributed by atoms with E-state index in [4.69, 9.17) is 18.9 Å². The summed E-state index contributed by atoms with van der Waals surface area (Å²) in [7, 11) is 3.21. The standard InChI is InChI=1S/C13H17O4.Cs/c1-9-6-13(16-8-9)17-10-4-5-11(14-2)12(7-10)15-3;/h4-5,7-9,13H,6H2,1-3H3;/q-1;+1/t9-,13?;/m1./s1. The topological polar surface area (TPSA) is 36.9 Å². The Labute approximate surface area is 167 Å². The molecule has 1 fully saturated rings. The molecular weight excluding hydrogens is 353 g/mol. The van der Waals surface area contributed by atoms with Gasteiger partial charge in [0.05, 0.1) is 14.2 Å². The van der Waals surface area contributed by atoms with Gasteiger partial charge in [-0.3, -0.25) is 0 Å². The molecule has 1 saturated heterocycles. The Morgan fingerprint density at radius 1 is 1.22 bits per heavy atom. The third kappa shape index (κ3) is 4.33. The molecule has 2 rings (SSSR count). The molecule has 0 aromatic heterocycles. The van der Waals surface area contributed by atoms with Crippen LogP contribution in [0.4, 0.5) is 0 Å². The first kappa shape index (κ1) is 16.7. The molecular formula is C13H17CsO4. The van der Waals surface area contributed by atoms with Gasteiger partial charge < -0.3 is 18.9 Å². The van der Waals surface area contributed by atoms with Crippen LogP contribution in [0, 0.1) is 12.5 Å². The van der Waals surface area contributed by atoms with Crippen LogP contribution in [0.5, 0.6) is 17.2 Å². The smallest absolute Gasteiger partial charge is 0.520 e. The summed E-state index contributed by atoms with van der Waals surface area (Å²) in [5, 5.41) is 0. The zero-order valence-corrected chi connectivity index (χ0v) is 17.6. The van der Waals surface area contributed by atoms with Gasteiger partial charge in [-0.1, -0.05) is 6.92 Å². The minimum atomic E-state index is -0.205. The number of rotatable bonds is 4. The van der Waals surface area contributed by atoms with Crippen LogP contribution in [0.1, 0.15) is 13.3 Å². The molecule has 0 N–H and O–H groups in total. The molecule has 1 aliphatic heterocycles. The van der Waals surface area contributed by atoms with Crippen LogP contribution < -0.4 is 83.1 Å². The quantitative estimate of drug-likeness (QED) is 0.678. The predicted molar refractivity (Wildman–Crippen MR) is 63.1 cm³/mol. The van der Waals surface area contributed by atoms with Gasteiger partial charge in [-0.05, 0) is 18.6 Å². The van der Waals surface area contributed by atoms with Gasteiger partial charge in [0.25, 0.3) is 0 Å². The van der Waals surface area contributed by atoms with Crippen molar-refractivity contribution in [1.29, 1.82) is 0 Å². The summed E-state index contributed by atoms with van der Waals surface area (Å²) in [6, 6.07) is 5.45. The second-order valence-corrected chi connectivity index (χ2v) is 4.05. The summed E-state index contributed by atoms with van der Waals surface area (Å²) in [5.41, 5.74) is 0. The van der Waals surface area contributed by atoms with Crippen LogP contribution in [0.15, 0.2) is 18.2 Å². The van der Waals surface area contributed by atoms with Crippen LogP contribution in [-0.2, 0) is 4.74 Å². The van der Waals surface area contributed by atoms with E-state index in [0.717, 1.165) is 12.2 Å². The van der Waals surface area contributed by atoms with Crippen molar-refractivity contribution in [3.05, 3.63) is 24.8 Å². The number of hydrogen-bond acceptors (Lipinski definition) is 4. The van der Waals surface area contributed by atoms with Crippen LogP contribution in [-0.4, -0.2) is 20.5 Å². The first-order valence-electron chi connectivity index (χ1n) is 5.60. The van der Waals surface area contributed by atoms with E-state index in [2.05, 4.69) is 6.92 Å². The second-order valence-electron chi connectivity index (χ2n) is 4.05. The van der Waals surface area contributed by atoms with Crippen molar-refractivity contribution in [1.82, 2.24) is 0 Å². The molecule has 0 amide bonds. The molecule has 1 aromatic carbocycles. The Balaban J connectivity index is 0.00000162. The van der Waals surface area contributed by atoms with Crippen molar-refractivity contribution in [2.24, 2.45) is 5.92 Å². The van der Waals surface area contributed by atoms with Gasteiger partial charge in [-0.2, -0.15) is 0 Å². The Bertz CT molecular complexity index is 383.